The number of rotatable bonds is 7. The van der Waals surface area contributed by atoms with Crippen LogP contribution in [0.3, 0.4) is 0 Å². The molecule has 0 bridgehead atoms. The zero-order chi connectivity index (χ0) is 26.7. The topological polar surface area (TPSA) is 86.6 Å². The second-order valence-corrected chi connectivity index (χ2v) is 9.15. The van der Waals surface area contributed by atoms with Gasteiger partial charge in [0, 0.05) is 28.0 Å². The monoisotopic (exact) mass is 538 g/mol. The average molecular weight is 539 g/mol. The van der Waals surface area contributed by atoms with Crippen LogP contribution in [0.2, 0.25) is 10.0 Å². The zero-order valence-electron chi connectivity index (χ0n) is 20.4. The third-order valence-corrected chi connectivity index (χ3v) is 6.45. The molecule has 37 heavy (non-hydrogen) atoms. The number of amides is 1. The van der Waals surface area contributed by atoms with E-state index in [9.17, 15) is 14.4 Å². The lowest BCUT2D eigenvalue weighted by molar-refractivity contribution is -0.124. The Labute approximate surface area is 223 Å². The maximum absolute atomic E-state index is 13.6. The van der Waals surface area contributed by atoms with Crippen LogP contribution in [0.4, 0.5) is 5.69 Å². The lowest BCUT2D eigenvalue weighted by Crippen LogP contribution is -2.34. The van der Waals surface area contributed by atoms with Crippen molar-refractivity contribution in [1.82, 2.24) is 4.57 Å². The summed E-state index contributed by atoms with van der Waals surface area (Å²) in [5.74, 6) is -0.966. The van der Waals surface area contributed by atoms with Gasteiger partial charge in [-0.1, -0.05) is 60.5 Å². The number of pyridine rings is 1. The molecule has 0 fully saturated rings. The van der Waals surface area contributed by atoms with Gasteiger partial charge in [0.05, 0.1) is 12.8 Å². The molecule has 1 N–H and O–H groups in total. The minimum atomic E-state index is -1.14. The molecule has 1 unspecified atom stereocenters. The molecule has 3 aromatic carbocycles. The fraction of sp³-hybridized carbons (Fsp3) is 0.179. The van der Waals surface area contributed by atoms with Crippen molar-refractivity contribution in [3.63, 3.8) is 0 Å². The van der Waals surface area contributed by atoms with Gasteiger partial charge in [0.2, 0.25) is 0 Å². The fourth-order valence-corrected chi connectivity index (χ4v) is 4.41. The van der Waals surface area contributed by atoms with Crippen molar-refractivity contribution < 1.29 is 19.1 Å². The van der Waals surface area contributed by atoms with E-state index in [2.05, 4.69) is 5.32 Å². The van der Waals surface area contributed by atoms with Crippen molar-refractivity contribution >= 4 is 51.5 Å². The molecule has 0 aliphatic heterocycles. The summed E-state index contributed by atoms with van der Waals surface area (Å²) in [5.41, 5.74) is 1.18. The summed E-state index contributed by atoms with van der Waals surface area (Å²) in [7, 11) is 2.97. The highest BCUT2D eigenvalue weighted by Gasteiger charge is 2.28. The van der Waals surface area contributed by atoms with E-state index in [1.54, 1.807) is 73.7 Å². The first-order valence-electron chi connectivity index (χ1n) is 11.5. The van der Waals surface area contributed by atoms with Gasteiger partial charge in [0.15, 0.2) is 6.10 Å². The number of hydrogen-bond acceptors (Lipinski definition) is 5. The number of anilines is 1. The van der Waals surface area contributed by atoms with Crippen molar-refractivity contribution in [3.05, 3.63) is 92.8 Å². The van der Waals surface area contributed by atoms with Crippen LogP contribution in [-0.4, -0.2) is 29.7 Å². The Morgan fingerprint density at radius 1 is 0.973 bits per heavy atom. The highest BCUT2D eigenvalue weighted by atomic mass is 35.5. The van der Waals surface area contributed by atoms with Crippen LogP contribution in [0, 0.1) is 0 Å². The van der Waals surface area contributed by atoms with E-state index >= 15 is 0 Å². The number of carbonyl (C=O) groups excluding carboxylic acids is 2. The van der Waals surface area contributed by atoms with Gasteiger partial charge in [-0.05, 0) is 53.8 Å². The Hall–Kier alpha value is -3.81. The molecule has 0 radical (unpaired) electrons. The van der Waals surface area contributed by atoms with Crippen LogP contribution in [0.1, 0.15) is 23.8 Å². The number of nitrogens with one attached hydrogen (secondary N) is 1. The minimum absolute atomic E-state index is 0.0256. The maximum atomic E-state index is 13.6. The number of esters is 1. The molecule has 0 saturated heterocycles. The van der Waals surface area contributed by atoms with E-state index in [0.717, 1.165) is 0 Å². The molecule has 190 valence electrons. The van der Waals surface area contributed by atoms with E-state index in [1.165, 1.54) is 18.7 Å². The minimum Gasteiger partial charge on any atom is -0.495 e. The summed E-state index contributed by atoms with van der Waals surface area (Å²) in [6.07, 6.45) is -0.950. The van der Waals surface area contributed by atoms with Gasteiger partial charge < -0.3 is 19.4 Å². The Balaban J connectivity index is 1.75. The van der Waals surface area contributed by atoms with Gasteiger partial charge in [-0.3, -0.25) is 9.59 Å². The number of fused-ring (bicyclic) bond motifs is 1. The summed E-state index contributed by atoms with van der Waals surface area (Å²) >= 11 is 12.2. The first kappa shape index (κ1) is 26.3. The van der Waals surface area contributed by atoms with Crippen molar-refractivity contribution in [3.8, 4) is 16.9 Å². The predicted molar refractivity (Wildman–Crippen MR) is 146 cm³/mol. The molecular weight excluding hydrogens is 515 g/mol. The lowest BCUT2D eigenvalue weighted by Gasteiger charge is -2.20. The van der Waals surface area contributed by atoms with E-state index in [0.29, 0.717) is 43.4 Å². The summed E-state index contributed by atoms with van der Waals surface area (Å²) in [6.45, 7) is 1.71. The van der Waals surface area contributed by atoms with Gasteiger partial charge in [-0.15, -0.1) is 0 Å². The van der Waals surface area contributed by atoms with E-state index in [4.69, 9.17) is 32.7 Å². The fourth-order valence-electron chi connectivity index (χ4n) is 4.11. The average Bonchev–Trinajstić information content (AvgIpc) is 2.89. The standard InChI is InChI=1S/C28H24Cl2N2O5/c1-4-22(26(33)31-21-15-18(30)13-14-23(21)36-3)37-28(35)25-24(16-9-11-17(29)12-10-16)19-7-5-6-8-20(19)27(34)32(25)2/h5-15,22H,4H2,1-3H3,(H,31,33). The molecular formula is C28H24Cl2N2O5. The number of benzene rings is 3. The summed E-state index contributed by atoms with van der Waals surface area (Å²) in [6, 6.07) is 18.7. The van der Waals surface area contributed by atoms with Crippen molar-refractivity contribution in [2.75, 3.05) is 12.4 Å². The van der Waals surface area contributed by atoms with Gasteiger partial charge >= 0.3 is 5.97 Å². The maximum Gasteiger partial charge on any atom is 0.356 e. The zero-order valence-corrected chi connectivity index (χ0v) is 21.9. The molecule has 4 aromatic rings. The Bertz CT molecular complexity index is 1550. The SMILES string of the molecule is CCC(OC(=O)c1c(-c2ccc(Cl)cc2)c2ccccc2c(=O)n1C)C(=O)Nc1cc(Cl)ccc1OC. The Morgan fingerprint density at radius 2 is 1.62 bits per heavy atom. The molecule has 0 spiro atoms. The third kappa shape index (κ3) is 5.33. The van der Waals surface area contributed by atoms with Crippen molar-refractivity contribution in [2.45, 2.75) is 19.4 Å². The van der Waals surface area contributed by atoms with Crippen LogP contribution >= 0.6 is 23.2 Å². The first-order valence-corrected chi connectivity index (χ1v) is 12.2. The number of hydrogen-bond donors (Lipinski definition) is 1. The highest BCUT2D eigenvalue weighted by Crippen LogP contribution is 2.32. The first-order chi connectivity index (χ1) is 17.7. The molecule has 0 aliphatic carbocycles. The number of nitrogens with zero attached hydrogens (tertiary/aromatic N) is 1. The number of carbonyl (C=O) groups is 2. The summed E-state index contributed by atoms with van der Waals surface area (Å²) < 4.78 is 12.2. The second-order valence-electron chi connectivity index (χ2n) is 8.28. The predicted octanol–water partition coefficient (Wildman–Crippen LogP) is 6.10. The Morgan fingerprint density at radius 3 is 2.27 bits per heavy atom. The highest BCUT2D eigenvalue weighted by molar-refractivity contribution is 6.31. The van der Waals surface area contributed by atoms with Crippen LogP contribution in [0.5, 0.6) is 5.75 Å². The van der Waals surface area contributed by atoms with Gasteiger partial charge in [-0.2, -0.15) is 0 Å². The molecule has 1 amide bonds. The van der Waals surface area contributed by atoms with Gasteiger partial charge in [-0.25, -0.2) is 4.79 Å². The Kier molecular flexibility index (Phi) is 7.86. The van der Waals surface area contributed by atoms with E-state index < -0.39 is 18.0 Å². The van der Waals surface area contributed by atoms with E-state index in [-0.39, 0.29) is 17.7 Å². The van der Waals surface area contributed by atoms with Crippen molar-refractivity contribution in [2.24, 2.45) is 7.05 Å². The largest absolute Gasteiger partial charge is 0.495 e. The lowest BCUT2D eigenvalue weighted by atomic mass is 9.96. The summed E-state index contributed by atoms with van der Waals surface area (Å²) in [4.78, 5) is 39.8. The normalized spacial score (nSPS) is 11.7. The molecule has 7 nitrogen and oxygen atoms in total. The molecule has 1 heterocycles. The summed E-state index contributed by atoms with van der Waals surface area (Å²) in [5, 5.41) is 4.67. The molecule has 0 saturated carbocycles. The number of ether oxygens (including phenoxy) is 2. The van der Waals surface area contributed by atoms with Crippen LogP contribution in [0.15, 0.2) is 71.5 Å². The molecule has 1 aromatic heterocycles. The molecule has 0 aliphatic rings. The number of halogens is 2. The smallest absolute Gasteiger partial charge is 0.356 e. The number of aromatic nitrogens is 1. The molecule has 1 atom stereocenters. The van der Waals surface area contributed by atoms with Crippen LogP contribution < -0.4 is 15.6 Å². The van der Waals surface area contributed by atoms with Gasteiger partial charge in [0.25, 0.3) is 11.5 Å². The van der Waals surface area contributed by atoms with Crippen LogP contribution in [-0.2, 0) is 16.6 Å². The van der Waals surface area contributed by atoms with Gasteiger partial charge in [0.1, 0.15) is 11.4 Å². The third-order valence-electron chi connectivity index (χ3n) is 5.96. The molecule has 9 heteroatoms. The number of methoxy groups -OCH3 is 1. The van der Waals surface area contributed by atoms with E-state index in [1.807, 2.05) is 0 Å². The molecule has 4 rings (SSSR count). The quantitative estimate of drug-likeness (QED) is 0.287. The second kappa shape index (κ2) is 11.1. The van der Waals surface area contributed by atoms with Crippen molar-refractivity contribution in [1.29, 1.82) is 0 Å². The van der Waals surface area contributed by atoms with Crippen LogP contribution in [0.25, 0.3) is 21.9 Å².